The van der Waals surface area contributed by atoms with E-state index < -0.39 is 0 Å². The second-order valence-electron chi connectivity index (χ2n) is 3.28. The summed E-state index contributed by atoms with van der Waals surface area (Å²) in [6, 6.07) is 9.33. The topological polar surface area (TPSA) is 62.1 Å². The SMILES string of the molecule is N#CCNC(=O)C1COc2ccccc21. The fraction of sp³-hybridized carbons (Fsp3) is 0.273. The molecule has 0 spiro atoms. The molecule has 0 saturated heterocycles. The Bertz CT molecular complexity index is 423. The molecule has 15 heavy (non-hydrogen) atoms. The summed E-state index contributed by atoms with van der Waals surface area (Å²) in [7, 11) is 0. The Morgan fingerprint density at radius 2 is 2.40 bits per heavy atom. The van der Waals surface area contributed by atoms with Gasteiger partial charge in [0.1, 0.15) is 24.8 Å². The molecule has 1 unspecified atom stereocenters. The molecule has 1 aromatic carbocycles. The molecule has 0 bridgehead atoms. The number of carbonyl (C=O) groups excluding carboxylic acids is 1. The number of hydrogen-bond donors (Lipinski definition) is 1. The number of amides is 1. The molecule has 1 heterocycles. The third kappa shape index (κ3) is 1.77. The van der Waals surface area contributed by atoms with Gasteiger partial charge in [-0.2, -0.15) is 5.26 Å². The van der Waals surface area contributed by atoms with E-state index in [-0.39, 0.29) is 18.4 Å². The number of hydrogen-bond acceptors (Lipinski definition) is 3. The monoisotopic (exact) mass is 202 g/mol. The first-order valence-electron chi connectivity index (χ1n) is 4.69. The summed E-state index contributed by atoms with van der Waals surface area (Å²) in [6.07, 6.45) is 0. The lowest BCUT2D eigenvalue weighted by atomic mass is 10.0. The van der Waals surface area contributed by atoms with E-state index in [0.717, 1.165) is 11.3 Å². The third-order valence-corrected chi connectivity index (χ3v) is 2.36. The van der Waals surface area contributed by atoms with Crippen molar-refractivity contribution in [1.29, 1.82) is 5.26 Å². The molecule has 1 aliphatic heterocycles. The molecule has 4 heteroatoms. The minimum absolute atomic E-state index is 0.0392. The lowest BCUT2D eigenvalue weighted by Gasteiger charge is -2.06. The minimum atomic E-state index is -0.283. The number of fused-ring (bicyclic) bond motifs is 1. The molecule has 4 nitrogen and oxygen atoms in total. The Labute approximate surface area is 87.5 Å². The third-order valence-electron chi connectivity index (χ3n) is 2.36. The summed E-state index contributed by atoms with van der Waals surface area (Å²) < 4.78 is 5.37. The smallest absolute Gasteiger partial charge is 0.231 e. The summed E-state index contributed by atoms with van der Waals surface area (Å²) in [6.45, 7) is 0.397. The number of nitrogens with one attached hydrogen (secondary N) is 1. The van der Waals surface area contributed by atoms with Gasteiger partial charge in [0.2, 0.25) is 5.91 Å². The summed E-state index contributed by atoms with van der Waals surface area (Å²) in [5.41, 5.74) is 0.896. The zero-order valence-electron chi connectivity index (χ0n) is 8.06. The molecule has 76 valence electrons. The minimum Gasteiger partial charge on any atom is -0.492 e. The fourth-order valence-corrected chi connectivity index (χ4v) is 1.63. The Morgan fingerprint density at radius 3 is 3.20 bits per heavy atom. The van der Waals surface area contributed by atoms with Crippen LogP contribution in [0.1, 0.15) is 11.5 Å². The van der Waals surface area contributed by atoms with Crippen LogP contribution in [0.5, 0.6) is 5.75 Å². The van der Waals surface area contributed by atoms with Crippen LogP contribution in [0.15, 0.2) is 24.3 Å². The molecule has 1 aliphatic rings. The van der Waals surface area contributed by atoms with Crippen LogP contribution in [0, 0.1) is 11.3 Å². The first-order valence-corrected chi connectivity index (χ1v) is 4.69. The van der Waals surface area contributed by atoms with Crippen LogP contribution in [-0.4, -0.2) is 19.1 Å². The van der Waals surface area contributed by atoms with Gasteiger partial charge in [0, 0.05) is 5.56 Å². The number of carbonyl (C=O) groups is 1. The summed E-state index contributed by atoms with van der Waals surface area (Å²) >= 11 is 0. The van der Waals surface area contributed by atoms with Crippen molar-refractivity contribution in [3.63, 3.8) is 0 Å². The average Bonchev–Trinajstić information content (AvgIpc) is 2.69. The van der Waals surface area contributed by atoms with Crippen molar-refractivity contribution in [2.45, 2.75) is 5.92 Å². The molecule has 1 amide bonds. The average molecular weight is 202 g/mol. The van der Waals surface area contributed by atoms with Gasteiger partial charge in [-0.25, -0.2) is 0 Å². The van der Waals surface area contributed by atoms with Crippen molar-refractivity contribution in [2.24, 2.45) is 0 Å². The van der Waals surface area contributed by atoms with Gasteiger partial charge in [0.15, 0.2) is 0 Å². The van der Waals surface area contributed by atoms with Crippen LogP contribution in [0.4, 0.5) is 0 Å². The molecule has 1 aromatic rings. The number of rotatable bonds is 2. The van der Waals surface area contributed by atoms with Crippen molar-refractivity contribution in [2.75, 3.05) is 13.2 Å². The van der Waals surface area contributed by atoms with Crippen molar-refractivity contribution in [3.8, 4) is 11.8 Å². The Hall–Kier alpha value is -2.02. The normalized spacial score (nSPS) is 17.4. The molecule has 1 N–H and O–H groups in total. The van der Waals surface area contributed by atoms with Crippen LogP contribution < -0.4 is 10.1 Å². The van der Waals surface area contributed by atoms with E-state index >= 15 is 0 Å². The predicted molar refractivity (Wildman–Crippen MR) is 53.3 cm³/mol. The lowest BCUT2D eigenvalue weighted by molar-refractivity contribution is -0.122. The zero-order chi connectivity index (χ0) is 10.7. The van der Waals surface area contributed by atoms with Gasteiger partial charge in [-0.3, -0.25) is 4.79 Å². The van der Waals surface area contributed by atoms with Crippen LogP contribution in [-0.2, 0) is 4.79 Å². The van der Waals surface area contributed by atoms with E-state index in [1.807, 2.05) is 30.3 Å². The zero-order valence-corrected chi connectivity index (χ0v) is 8.06. The Morgan fingerprint density at radius 1 is 1.60 bits per heavy atom. The van der Waals surface area contributed by atoms with Gasteiger partial charge >= 0.3 is 0 Å². The van der Waals surface area contributed by atoms with Gasteiger partial charge in [-0.1, -0.05) is 18.2 Å². The van der Waals surface area contributed by atoms with Gasteiger partial charge in [0.25, 0.3) is 0 Å². The summed E-state index contributed by atoms with van der Waals surface area (Å²) in [4.78, 5) is 11.6. The quantitative estimate of drug-likeness (QED) is 0.721. The summed E-state index contributed by atoms with van der Waals surface area (Å²) in [5.74, 6) is 0.325. The standard InChI is InChI=1S/C11H10N2O2/c12-5-6-13-11(14)9-7-15-10-4-2-1-3-8(9)10/h1-4,9H,6-7H2,(H,13,14). The van der Waals surface area contributed by atoms with E-state index in [4.69, 9.17) is 10.00 Å². The second-order valence-corrected chi connectivity index (χ2v) is 3.28. The number of para-hydroxylation sites is 1. The Balaban J connectivity index is 2.14. The molecular formula is C11H10N2O2. The van der Waals surface area contributed by atoms with Crippen molar-refractivity contribution < 1.29 is 9.53 Å². The number of benzene rings is 1. The van der Waals surface area contributed by atoms with E-state index in [9.17, 15) is 4.79 Å². The molecule has 2 rings (SSSR count). The number of nitriles is 1. The Kier molecular flexibility index (Phi) is 2.55. The number of nitrogens with zero attached hydrogens (tertiary/aromatic N) is 1. The highest BCUT2D eigenvalue weighted by atomic mass is 16.5. The number of ether oxygens (including phenoxy) is 1. The maximum absolute atomic E-state index is 11.6. The first-order chi connectivity index (χ1) is 7.33. The maximum atomic E-state index is 11.6. The summed E-state index contributed by atoms with van der Waals surface area (Å²) in [5, 5.41) is 10.9. The van der Waals surface area contributed by atoms with Gasteiger partial charge < -0.3 is 10.1 Å². The van der Waals surface area contributed by atoms with Crippen molar-refractivity contribution in [1.82, 2.24) is 5.32 Å². The van der Waals surface area contributed by atoms with E-state index in [1.165, 1.54) is 0 Å². The highest BCUT2D eigenvalue weighted by molar-refractivity contribution is 5.85. The van der Waals surface area contributed by atoms with Crippen molar-refractivity contribution >= 4 is 5.91 Å². The molecular weight excluding hydrogens is 192 g/mol. The fourth-order valence-electron chi connectivity index (χ4n) is 1.63. The van der Waals surface area contributed by atoms with Gasteiger partial charge in [-0.15, -0.1) is 0 Å². The molecule has 0 aromatic heterocycles. The van der Waals surface area contributed by atoms with Crippen LogP contribution in [0.2, 0.25) is 0 Å². The molecule has 0 aliphatic carbocycles. The highest BCUT2D eigenvalue weighted by Crippen LogP contribution is 2.33. The molecule has 0 radical (unpaired) electrons. The van der Waals surface area contributed by atoms with Gasteiger partial charge in [0.05, 0.1) is 6.07 Å². The molecule has 0 saturated carbocycles. The van der Waals surface area contributed by atoms with Crippen LogP contribution in [0.25, 0.3) is 0 Å². The highest BCUT2D eigenvalue weighted by Gasteiger charge is 2.29. The van der Waals surface area contributed by atoms with Gasteiger partial charge in [-0.05, 0) is 6.07 Å². The predicted octanol–water partition coefficient (Wildman–Crippen LogP) is 0.802. The molecule has 1 atom stereocenters. The second kappa shape index (κ2) is 4.01. The van der Waals surface area contributed by atoms with Crippen molar-refractivity contribution in [3.05, 3.63) is 29.8 Å². The maximum Gasteiger partial charge on any atom is 0.231 e. The first kappa shape index (κ1) is 9.53. The van der Waals surface area contributed by atoms with E-state index in [1.54, 1.807) is 0 Å². The molecule has 0 fully saturated rings. The van der Waals surface area contributed by atoms with E-state index in [0.29, 0.717) is 6.61 Å². The largest absolute Gasteiger partial charge is 0.492 e. The lowest BCUT2D eigenvalue weighted by Crippen LogP contribution is -2.30. The van der Waals surface area contributed by atoms with Crippen LogP contribution in [0.3, 0.4) is 0 Å². The van der Waals surface area contributed by atoms with E-state index in [2.05, 4.69) is 5.32 Å². The van der Waals surface area contributed by atoms with Crippen LogP contribution >= 0.6 is 0 Å².